The monoisotopic (exact) mass is 278 g/mol. The highest BCUT2D eigenvalue weighted by molar-refractivity contribution is 5.81. The Bertz CT molecular complexity index is 460. The number of rotatable bonds is 5. The average molecular weight is 278 g/mol. The fourth-order valence-corrected chi connectivity index (χ4v) is 2.34. The van der Waals surface area contributed by atoms with Crippen LogP contribution in [0.4, 0.5) is 0 Å². The van der Waals surface area contributed by atoms with Crippen molar-refractivity contribution in [1.82, 2.24) is 4.90 Å². The summed E-state index contributed by atoms with van der Waals surface area (Å²) in [4.78, 5) is 13.8. The zero-order valence-electron chi connectivity index (χ0n) is 13.4. The minimum absolute atomic E-state index is 0.0221. The zero-order valence-corrected chi connectivity index (χ0v) is 13.4. The van der Waals surface area contributed by atoms with Crippen molar-refractivity contribution in [2.75, 3.05) is 14.2 Å². The number of benzene rings is 1. The molecule has 0 aromatic heterocycles. The van der Waals surface area contributed by atoms with Crippen LogP contribution in [0.1, 0.15) is 30.5 Å². The Labute approximate surface area is 121 Å². The Morgan fingerprint density at radius 3 is 2.20 bits per heavy atom. The first kappa shape index (κ1) is 16.5. The van der Waals surface area contributed by atoms with Gasteiger partial charge in [0, 0.05) is 13.6 Å². The standard InChI is InChI=1S/C16H26N2O2/c1-10(2)14(17)16(19)18(5)9-13-7-11(3)15(20-6)12(4)8-13/h7-8,10,14H,9,17H2,1-6H3. The molecule has 1 unspecified atom stereocenters. The summed E-state index contributed by atoms with van der Waals surface area (Å²) in [6, 6.07) is 3.66. The Morgan fingerprint density at radius 1 is 1.30 bits per heavy atom. The van der Waals surface area contributed by atoms with Crippen LogP contribution in [0.25, 0.3) is 0 Å². The number of hydrogen-bond acceptors (Lipinski definition) is 3. The van der Waals surface area contributed by atoms with Crippen LogP contribution in [0.15, 0.2) is 12.1 Å². The van der Waals surface area contributed by atoms with Crippen LogP contribution >= 0.6 is 0 Å². The van der Waals surface area contributed by atoms with Gasteiger partial charge in [-0.2, -0.15) is 0 Å². The van der Waals surface area contributed by atoms with Crippen molar-refractivity contribution in [2.45, 2.75) is 40.3 Å². The van der Waals surface area contributed by atoms with Crippen LogP contribution in [0, 0.1) is 19.8 Å². The van der Waals surface area contributed by atoms with E-state index in [9.17, 15) is 4.79 Å². The Hall–Kier alpha value is -1.55. The molecule has 112 valence electrons. The molecule has 0 spiro atoms. The molecule has 0 saturated heterocycles. The summed E-state index contributed by atoms with van der Waals surface area (Å²) in [7, 11) is 3.46. The molecule has 1 aromatic carbocycles. The number of likely N-dealkylation sites (N-methyl/N-ethyl adjacent to an activating group) is 1. The average Bonchev–Trinajstić information content (AvgIpc) is 2.36. The van der Waals surface area contributed by atoms with E-state index >= 15 is 0 Å². The number of carbonyl (C=O) groups excluding carboxylic acids is 1. The molecule has 0 aliphatic rings. The third-order valence-corrected chi connectivity index (χ3v) is 3.52. The van der Waals surface area contributed by atoms with Crippen molar-refractivity contribution in [1.29, 1.82) is 0 Å². The lowest BCUT2D eigenvalue weighted by atomic mass is 10.0. The van der Waals surface area contributed by atoms with Crippen molar-refractivity contribution < 1.29 is 9.53 Å². The lowest BCUT2D eigenvalue weighted by Crippen LogP contribution is -2.44. The largest absolute Gasteiger partial charge is 0.496 e. The van der Waals surface area contributed by atoms with E-state index in [1.54, 1.807) is 19.1 Å². The molecule has 1 amide bonds. The summed E-state index contributed by atoms with van der Waals surface area (Å²) >= 11 is 0. The third-order valence-electron chi connectivity index (χ3n) is 3.52. The fourth-order valence-electron chi connectivity index (χ4n) is 2.34. The number of nitrogens with two attached hydrogens (primary N) is 1. The minimum atomic E-state index is -0.444. The molecule has 0 aliphatic carbocycles. The number of amides is 1. The van der Waals surface area contributed by atoms with Gasteiger partial charge in [-0.05, 0) is 36.5 Å². The van der Waals surface area contributed by atoms with E-state index in [4.69, 9.17) is 10.5 Å². The van der Waals surface area contributed by atoms with E-state index in [0.29, 0.717) is 6.54 Å². The fraction of sp³-hybridized carbons (Fsp3) is 0.562. The Kier molecular flexibility index (Phi) is 5.57. The highest BCUT2D eigenvalue weighted by Gasteiger charge is 2.21. The minimum Gasteiger partial charge on any atom is -0.496 e. The van der Waals surface area contributed by atoms with Crippen LogP contribution in [0.2, 0.25) is 0 Å². The van der Waals surface area contributed by atoms with Gasteiger partial charge in [0.15, 0.2) is 0 Å². The van der Waals surface area contributed by atoms with Crippen LogP contribution < -0.4 is 10.5 Å². The topological polar surface area (TPSA) is 55.6 Å². The molecule has 2 N–H and O–H groups in total. The van der Waals surface area contributed by atoms with Crippen molar-refractivity contribution in [3.05, 3.63) is 28.8 Å². The maximum absolute atomic E-state index is 12.2. The van der Waals surface area contributed by atoms with E-state index in [-0.39, 0.29) is 11.8 Å². The van der Waals surface area contributed by atoms with Gasteiger partial charge in [0.25, 0.3) is 0 Å². The third kappa shape index (κ3) is 3.73. The number of hydrogen-bond donors (Lipinski definition) is 1. The van der Waals surface area contributed by atoms with Crippen LogP contribution in [-0.2, 0) is 11.3 Å². The first-order valence-electron chi connectivity index (χ1n) is 6.92. The second kappa shape index (κ2) is 6.75. The van der Waals surface area contributed by atoms with E-state index in [2.05, 4.69) is 12.1 Å². The summed E-state index contributed by atoms with van der Waals surface area (Å²) in [5.41, 5.74) is 9.16. The molecule has 0 radical (unpaired) electrons. The predicted molar refractivity (Wildman–Crippen MR) is 81.8 cm³/mol. The summed E-state index contributed by atoms with van der Waals surface area (Å²) in [5.74, 6) is 1.03. The molecular weight excluding hydrogens is 252 g/mol. The number of carbonyl (C=O) groups is 1. The maximum atomic E-state index is 12.2. The molecule has 4 nitrogen and oxygen atoms in total. The van der Waals surface area contributed by atoms with E-state index in [1.165, 1.54) is 0 Å². The van der Waals surface area contributed by atoms with Crippen molar-refractivity contribution in [3.8, 4) is 5.75 Å². The molecular formula is C16H26N2O2. The summed E-state index contributed by atoms with van der Waals surface area (Å²) in [6.45, 7) is 8.50. The summed E-state index contributed by atoms with van der Waals surface area (Å²) < 4.78 is 5.35. The molecule has 1 aromatic rings. The smallest absolute Gasteiger partial charge is 0.239 e. The SMILES string of the molecule is COc1c(C)cc(CN(C)C(=O)C(N)C(C)C)cc1C. The Balaban J connectivity index is 2.86. The molecule has 20 heavy (non-hydrogen) atoms. The second-order valence-electron chi connectivity index (χ2n) is 5.73. The van der Waals surface area contributed by atoms with Gasteiger partial charge in [-0.1, -0.05) is 26.0 Å². The maximum Gasteiger partial charge on any atom is 0.239 e. The van der Waals surface area contributed by atoms with Gasteiger partial charge in [-0.15, -0.1) is 0 Å². The van der Waals surface area contributed by atoms with Crippen LogP contribution in [-0.4, -0.2) is 31.0 Å². The van der Waals surface area contributed by atoms with E-state index < -0.39 is 6.04 Å². The predicted octanol–water partition coefficient (Wildman–Crippen LogP) is 2.25. The second-order valence-corrected chi connectivity index (χ2v) is 5.73. The molecule has 0 fully saturated rings. The first-order valence-corrected chi connectivity index (χ1v) is 6.92. The number of methoxy groups -OCH3 is 1. The van der Waals surface area contributed by atoms with Gasteiger partial charge < -0.3 is 15.4 Å². The highest BCUT2D eigenvalue weighted by atomic mass is 16.5. The van der Waals surface area contributed by atoms with Crippen LogP contribution in [0.3, 0.4) is 0 Å². The lowest BCUT2D eigenvalue weighted by molar-refractivity contribution is -0.132. The van der Waals surface area contributed by atoms with Gasteiger partial charge in [-0.25, -0.2) is 0 Å². The molecule has 0 bridgehead atoms. The lowest BCUT2D eigenvalue weighted by Gasteiger charge is -2.24. The normalized spacial score (nSPS) is 12.4. The first-order chi connectivity index (χ1) is 9.27. The molecule has 0 aliphatic heterocycles. The van der Waals surface area contributed by atoms with Gasteiger partial charge >= 0.3 is 0 Å². The summed E-state index contributed by atoms with van der Waals surface area (Å²) in [5, 5.41) is 0. The number of ether oxygens (including phenoxy) is 1. The van der Waals surface area contributed by atoms with Gasteiger partial charge in [0.2, 0.25) is 5.91 Å². The molecule has 0 heterocycles. The molecule has 0 saturated carbocycles. The van der Waals surface area contributed by atoms with Crippen molar-refractivity contribution in [2.24, 2.45) is 11.7 Å². The Morgan fingerprint density at radius 2 is 1.80 bits per heavy atom. The highest BCUT2D eigenvalue weighted by Crippen LogP contribution is 2.24. The van der Waals surface area contributed by atoms with Gasteiger partial charge in [0.05, 0.1) is 13.2 Å². The summed E-state index contributed by atoms with van der Waals surface area (Å²) in [6.07, 6.45) is 0. The molecule has 1 atom stereocenters. The number of nitrogens with zero attached hydrogens (tertiary/aromatic N) is 1. The molecule has 1 rings (SSSR count). The van der Waals surface area contributed by atoms with Gasteiger partial charge in [0.1, 0.15) is 5.75 Å². The van der Waals surface area contributed by atoms with Crippen molar-refractivity contribution >= 4 is 5.91 Å². The van der Waals surface area contributed by atoms with E-state index in [1.807, 2.05) is 27.7 Å². The van der Waals surface area contributed by atoms with E-state index in [0.717, 1.165) is 22.4 Å². The quantitative estimate of drug-likeness (QED) is 0.899. The zero-order chi connectivity index (χ0) is 15.4. The van der Waals surface area contributed by atoms with Gasteiger partial charge in [-0.3, -0.25) is 4.79 Å². The van der Waals surface area contributed by atoms with Crippen molar-refractivity contribution in [3.63, 3.8) is 0 Å². The number of aryl methyl sites for hydroxylation is 2. The van der Waals surface area contributed by atoms with Crippen LogP contribution in [0.5, 0.6) is 5.75 Å². The molecule has 4 heteroatoms.